The van der Waals surface area contributed by atoms with Crippen LogP contribution in [0, 0.1) is 0 Å². The summed E-state index contributed by atoms with van der Waals surface area (Å²) in [5.74, 6) is 0. The van der Waals surface area contributed by atoms with Crippen molar-refractivity contribution in [2.45, 2.75) is 0 Å². The molecule has 0 unspecified atom stereocenters. The molecule has 0 atom stereocenters. The van der Waals surface area contributed by atoms with Crippen LogP contribution in [0.3, 0.4) is 0 Å². The van der Waals surface area contributed by atoms with Gasteiger partial charge in [-0.15, -0.1) is 0 Å². The maximum atomic E-state index is 2.19. The van der Waals surface area contributed by atoms with Gasteiger partial charge in [0.1, 0.15) is 7.05 Å². The molecule has 0 spiro atoms. The van der Waals surface area contributed by atoms with Gasteiger partial charge in [-0.05, 0) is 42.5 Å². The SMILES string of the molecule is Cn1cccc1/C=C/c1cccc(/C=C/c2cccn2C)[n+]1C. The molecule has 3 heterocycles. The Balaban J connectivity index is 1.87. The Morgan fingerprint density at radius 2 is 1.17 bits per heavy atom. The van der Waals surface area contributed by atoms with E-state index in [4.69, 9.17) is 0 Å². The third-order valence-corrected chi connectivity index (χ3v) is 4.13. The van der Waals surface area contributed by atoms with Crippen LogP contribution in [0.5, 0.6) is 0 Å². The lowest BCUT2D eigenvalue weighted by Crippen LogP contribution is -2.35. The number of hydrogen-bond acceptors (Lipinski definition) is 0. The second-order valence-electron chi connectivity index (χ2n) is 5.69. The lowest BCUT2D eigenvalue weighted by molar-refractivity contribution is -0.675. The Hall–Kier alpha value is -2.81. The molecule has 0 aliphatic carbocycles. The largest absolute Gasteiger partial charge is 0.351 e. The van der Waals surface area contributed by atoms with Crippen LogP contribution in [-0.2, 0) is 21.1 Å². The van der Waals surface area contributed by atoms with Crippen molar-refractivity contribution in [2.24, 2.45) is 21.1 Å². The number of hydrogen-bond donors (Lipinski definition) is 0. The molecule has 23 heavy (non-hydrogen) atoms. The molecule has 0 bridgehead atoms. The van der Waals surface area contributed by atoms with Crippen LogP contribution in [-0.4, -0.2) is 9.13 Å². The third-order valence-electron chi connectivity index (χ3n) is 4.13. The summed E-state index contributed by atoms with van der Waals surface area (Å²) in [6.07, 6.45) is 12.7. The van der Waals surface area contributed by atoms with Crippen molar-refractivity contribution >= 4 is 24.3 Å². The summed E-state index contributed by atoms with van der Waals surface area (Å²) in [6.45, 7) is 0. The lowest BCUT2D eigenvalue weighted by Gasteiger charge is -2.00. The first-order chi connectivity index (χ1) is 11.1. The van der Waals surface area contributed by atoms with Gasteiger partial charge >= 0.3 is 0 Å². The molecule has 0 aliphatic rings. The van der Waals surface area contributed by atoms with Crippen molar-refractivity contribution < 1.29 is 4.57 Å². The molecule has 0 saturated carbocycles. The summed E-state index contributed by atoms with van der Waals surface area (Å²) < 4.78 is 6.41. The van der Waals surface area contributed by atoms with Gasteiger partial charge in [0.25, 0.3) is 0 Å². The van der Waals surface area contributed by atoms with Gasteiger partial charge in [0.05, 0.1) is 0 Å². The van der Waals surface area contributed by atoms with Gasteiger partial charge < -0.3 is 9.13 Å². The van der Waals surface area contributed by atoms with Crippen LogP contribution in [0.1, 0.15) is 22.8 Å². The molecule has 3 aromatic rings. The van der Waals surface area contributed by atoms with Gasteiger partial charge in [-0.2, -0.15) is 4.57 Å². The van der Waals surface area contributed by atoms with E-state index in [-0.39, 0.29) is 0 Å². The molecular weight excluding hydrogens is 282 g/mol. The predicted octanol–water partition coefficient (Wildman–Crippen LogP) is 3.53. The minimum absolute atomic E-state index is 1.17. The summed E-state index contributed by atoms with van der Waals surface area (Å²) >= 11 is 0. The van der Waals surface area contributed by atoms with E-state index in [0.29, 0.717) is 0 Å². The maximum absolute atomic E-state index is 2.19. The van der Waals surface area contributed by atoms with Crippen molar-refractivity contribution in [3.8, 4) is 0 Å². The van der Waals surface area contributed by atoms with Crippen molar-refractivity contribution in [1.82, 2.24) is 9.13 Å². The molecule has 0 amide bonds. The molecule has 3 aromatic heterocycles. The highest BCUT2D eigenvalue weighted by atomic mass is 14.9. The van der Waals surface area contributed by atoms with E-state index >= 15 is 0 Å². The van der Waals surface area contributed by atoms with Crippen LogP contribution in [0.2, 0.25) is 0 Å². The third kappa shape index (κ3) is 3.34. The fourth-order valence-electron chi connectivity index (χ4n) is 2.59. The highest BCUT2D eigenvalue weighted by Crippen LogP contribution is 2.09. The average Bonchev–Trinajstić information content (AvgIpc) is 3.13. The van der Waals surface area contributed by atoms with Gasteiger partial charge in [-0.1, -0.05) is 0 Å². The quantitative estimate of drug-likeness (QED) is 0.655. The first-order valence-corrected chi connectivity index (χ1v) is 7.73. The van der Waals surface area contributed by atoms with E-state index in [9.17, 15) is 0 Å². The van der Waals surface area contributed by atoms with E-state index in [0.717, 1.165) is 0 Å². The van der Waals surface area contributed by atoms with Gasteiger partial charge in [-0.25, -0.2) is 0 Å². The first-order valence-electron chi connectivity index (χ1n) is 7.73. The Kier molecular flexibility index (Phi) is 4.29. The highest BCUT2D eigenvalue weighted by molar-refractivity contribution is 5.67. The minimum atomic E-state index is 1.17. The maximum Gasteiger partial charge on any atom is 0.205 e. The highest BCUT2D eigenvalue weighted by Gasteiger charge is 2.07. The Morgan fingerprint density at radius 1 is 0.696 bits per heavy atom. The summed E-state index contributed by atoms with van der Waals surface area (Å²) in [4.78, 5) is 0. The van der Waals surface area contributed by atoms with Crippen LogP contribution < -0.4 is 4.57 Å². The number of aryl methyl sites for hydroxylation is 2. The fourth-order valence-corrected chi connectivity index (χ4v) is 2.59. The van der Waals surface area contributed by atoms with E-state index in [1.165, 1.54) is 22.8 Å². The Morgan fingerprint density at radius 3 is 1.57 bits per heavy atom. The zero-order valence-corrected chi connectivity index (χ0v) is 13.8. The second kappa shape index (κ2) is 6.53. The first kappa shape index (κ1) is 15.1. The molecule has 116 valence electrons. The van der Waals surface area contributed by atoms with Crippen molar-refractivity contribution in [3.05, 3.63) is 77.6 Å². The zero-order valence-electron chi connectivity index (χ0n) is 13.8. The Bertz CT molecular complexity index is 794. The molecule has 3 rings (SSSR count). The van der Waals surface area contributed by atoms with Crippen molar-refractivity contribution in [1.29, 1.82) is 0 Å². The van der Waals surface area contributed by atoms with Crippen LogP contribution in [0.15, 0.2) is 54.9 Å². The molecular formula is C20H22N3+. The molecule has 0 saturated heterocycles. The topological polar surface area (TPSA) is 13.7 Å². The molecule has 0 radical (unpaired) electrons. The van der Waals surface area contributed by atoms with E-state index < -0.39 is 0 Å². The summed E-state index contributed by atoms with van der Waals surface area (Å²) in [7, 11) is 6.20. The number of pyridine rings is 1. The Labute approximate surface area is 137 Å². The van der Waals surface area contributed by atoms with E-state index in [1.54, 1.807) is 0 Å². The standard InChI is InChI=1S/C20H22N3/c1-21-15-5-9-17(21)11-13-19-7-4-8-20(23(19)3)14-12-18-10-6-16-22(18)2/h4-16H,1-3H3/q+1. The molecule has 0 aromatic carbocycles. The summed E-state index contributed by atoms with van der Waals surface area (Å²) in [5, 5.41) is 0. The molecule has 3 heteroatoms. The molecule has 0 N–H and O–H groups in total. The number of nitrogens with zero attached hydrogens (tertiary/aromatic N) is 3. The summed E-state index contributed by atoms with van der Waals surface area (Å²) in [6, 6.07) is 14.7. The van der Waals surface area contributed by atoms with Crippen LogP contribution >= 0.6 is 0 Å². The minimum Gasteiger partial charge on any atom is -0.351 e. The van der Waals surface area contributed by atoms with Gasteiger partial charge in [0.15, 0.2) is 0 Å². The van der Waals surface area contributed by atoms with E-state index in [1.807, 2.05) is 0 Å². The van der Waals surface area contributed by atoms with Gasteiger partial charge in [-0.3, -0.25) is 0 Å². The molecule has 3 nitrogen and oxygen atoms in total. The molecule has 0 aliphatic heterocycles. The van der Waals surface area contributed by atoms with Crippen molar-refractivity contribution in [3.63, 3.8) is 0 Å². The lowest BCUT2D eigenvalue weighted by atomic mass is 10.2. The van der Waals surface area contributed by atoms with Crippen molar-refractivity contribution in [2.75, 3.05) is 0 Å². The second-order valence-corrected chi connectivity index (χ2v) is 5.69. The normalized spacial score (nSPS) is 11.8. The van der Waals surface area contributed by atoms with Crippen LogP contribution in [0.25, 0.3) is 24.3 Å². The number of aromatic nitrogens is 3. The predicted molar refractivity (Wildman–Crippen MR) is 96.3 cm³/mol. The molecule has 0 fully saturated rings. The number of rotatable bonds is 4. The average molecular weight is 304 g/mol. The van der Waals surface area contributed by atoms with E-state index in [2.05, 4.69) is 114 Å². The fraction of sp³-hybridized carbons (Fsp3) is 0.150. The van der Waals surface area contributed by atoms with Gasteiger partial charge in [0, 0.05) is 62.2 Å². The zero-order chi connectivity index (χ0) is 16.2. The monoisotopic (exact) mass is 304 g/mol. The smallest absolute Gasteiger partial charge is 0.205 e. The van der Waals surface area contributed by atoms with Gasteiger partial charge in [0.2, 0.25) is 11.4 Å². The summed E-state index contributed by atoms with van der Waals surface area (Å²) in [5.41, 5.74) is 4.71. The van der Waals surface area contributed by atoms with Crippen LogP contribution in [0.4, 0.5) is 0 Å².